The Bertz CT molecular complexity index is 903. The molecule has 6 heteroatoms. The van der Waals surface area contributed by atoms with E-state index >= 15 is 0 Å². The third-order valence-corrected chi connectivity index (χ3v) is 5.28. The maximum Gasteiger partial charge on any atom is 0.152 e. The summed E-state index contributed by atoms with van der Waals surface area (Å²) < 4.78 is 11.2. The van der Waals surface area contributed by atoms with E-state index in [-0.39, 0.29) is 11.9 Å². The number of anilines is 1. The highest BCUT2D eigenvalue weighted by molar-refractivity contribution is 7.15. The number of rotatable bonds is 3. The number of nitriles is 1. The highest BCUT2D eigenvalue weighted by atomic mass is 32.1. The van der Waals surface area contributed by atoms with Gasteiger partial charge >= 0.3 is 0 Å². The summed E-state index contributed by atoms with van der Waals surface area (Å²) in [6.45, 7) is 0.812. The first-order chi connectivity index (χ1) is 11.8. The minimum Gasteiger partial charge on any atom is -0.463 e. The van der Waals surface area contributed by atoms with Crippen molar-refractivity contribution >= 4 is 17.2 Å². The first kappa shape index (κ1) is 14.9. The van der Waals surface area contributed by atoms with E-state index in [1.807, 2.05) is 18.2 Å². The maximum atomic E-state index is 9.49. The second-order valence-corrected chi connectivity index (χ2v) is 6.72. The van der Waals surface area contributed by atoms with E-state index < -0.39 is 0 Å². The Kier molecular flexibility index (Phi) is 3.81. The average molecular weight is 337 g/mol. The Labute approximate surface area is 143 Å². The van der Waals surface area contributed by atoms with Gasteiger partial charge in [0.1, 0.15) is 23.1 Å². The van der Waals surface area contributed by atoms with E-state index in [0.29, 0.717) is 17.0 Å². The first-order valence-corrected chi connectivity index (χ1v) is 8.54. The molecule has 1 aliphatic heterocycles. The number of nitrogens with two attached hydrogens (primary N) is 1. The number of pyridine rings is 1. The van der Waals surface area contributed by atoms with Gasteiger partial charge in [0.25, 0.3) is 0 Å². The predicted octanol–water partition coefficient (Wildman–Crippen LogP) is 4.38. The van der Waals surface area contributed by atoms with Crippen LogP contribution in [0.4, 0.5) is 5.82 Å². The summed E-state index contributed by atoms with van der Waals surface area (Å²) in [5.41, 5.74) is 7.81. The molecule has 1 fully saturated rings. The lowest BCUT2D eigenvalue weighted by Gasteiger charge is -2.08. The molecule has 120 valence electrons. The predicted molar refractivity (Wildman–Crippen MR) is 92.3 cm³/mol. The van der Waals surface area contributed by atoms with Crippen molar-refractivity contribution in [3.8, 4) is 28.0 Å². The molecule has 24 heavy (non-hydrogen) atoms. The summed E-state index contributed by atoms with van der Waals surface area (Å²) in [6.07, 6.45) is 3.89. The van der Waals surface area contributed by atoms with Crippen LogP contribution in [0.1, 0.15) is 29.4 Å². The van der Waals surface area contributed by atoms with Crippen LogP contribution >= 0.6 is 11.3 Å². The summed E-state index contributed by atoms with van der Waals surface area (Å²) >= 11 is 1.64. The van der Waals surface area contributed by atoms with Crippen LogP contribution in [0.15, 0.2) is 41.0 Å². The molecule has 3 aromatic heterocycles. The Morgan fingerprint density at radius 3 is 2.96 bits per heavy atom. The van der Waals surface area contributed by atoms with Gasteiger partial charge in [0, 0.05) is 21.9 Å². The molecule has 0 aliphatic carbocycles. The number of furan rings is 1. The van der Waals surface area contributed by atoms with Crippen molar-refractivity contribution < 1.29 is 9.15 Å². The van der Waals surface area contributed by atoms with E-state index in [1.165, 1.54) is 4.88 Å². The van der Waals surface area contributed by atoms with Gasteiger partial charge < -0.3 is 14.9 Å². The number of aromatic nitrogens is 1. The molecule has 5 nitrogen and oxygen atoms in total. The van der Waals surface area contributed by atoms with Gasteiger partial charge in [-0.15, -0.1) is 11.3 Å². The van der Waals surface area contributed by atoms with Gasteiger partial charge in [-0.25, -0.2) is 4.98 Å². The first-order valence-electron chi connectivity index (χ1n) is 7.72. The Morgan fingerprint density at radius 1 is 1.33 bits per heavy atom. The van der Waals surface area contributed by atoms with Gasteiger partial charge in [0.15, 0.2) is 5.76 Å². The molecule has 0 saturated carbocycles. The van der Waals surface area contributed by atoms with Crippen molar-refractivity contribution in [2.24, 2.45) is 0 Å². The Morgan fingerprint density at radius 2 is 2.25 bits per heavy atom. The molecule has 1 atom stereocenters. The second-order valence-electron chi connectivity index (χ2n) is 5.61. The summed E-state index contributed by atoms with van der Waals surface area (Å²) in [5.74, 6) is 0.844. The molecule has 0 unspecified atom stereocenters. The summed E-state index contributed by atoms with van der Waals surface area (Å²) in [6, 6.07) is 11.7. The Balaban J connectivity index is 1.80. The smallest absolute Gasteiger partial charge is 0.152 e. The van der Waals surface area contributed by atoms with Crippen molar-refractivity contribution in [1.82, 2.24) is 4.98 Å². The van der Waals surface area contributed by atoms with E-state index in [9.17, 15) is 5.26 Å². The van der Waals surface area contributed by atoms with Gasteiger partial charge in [-0.2, -0.15) is 5.26 Å². The van der Waals surface area contributed by atoms with Crippen molar-refractivity contribution in [1.29, 1.82) is 5.26 Å². The molecular weight excluding hydrogens is 322 g/mol. The lowest BCUT2D eigenvalue weighted by atomic mass is 10.1. The second kappa shape index (κ2) is 6.11. The molecule has 0 amide bonds. The maximum absolute atomic E-state index is 9.49. The molecule has 0 bridgehead atoms. The van der Waals surface area contributed by atoms with Gasteiger partial charge in [0.05, 0.1) is 12.4 Å². The summed E-state index contributed by atoms with van der Waals surface area (Å²) in [4.78, 5) is 6.47. The SMILES string of the molecule is N#Cc1c(-c2ccc([C@@H]3CCCO3)s2)cc(-c2ccco2)nc1N. The zero-order valence-corrected chi connectivity index (χ0v) is 13.7. The number of ether oxygens (including phenoxy) is 1. The third kappa shape index (κ3) is 2.58. The fraction of sp³-hybridized carbons (Fsp3) is 0.222. The Hall–Kier alpha value is -2.62. The summed E-state index contributed by atoms with van der Waals surface area (Å²) in [5, 5.41) is 9.49. The number of nitrogens with zero attached hydrogens (tertiary/aromatic N) is 2. The van der Waals surface area contributed by atoms with Crippen LogP contribution in [-0.2, 0) is 4.74 Å². The van der Waals surface area contributed by atoms with Crippen LogP contribution in [-0.4, -0.2) is 11.6 Å². The van der Waals surface area contributed by atoms with Crippen LogP contribution in [0.3, 0.4) is 0 Å². The van der Waals surface area contributed by atoms with Crippen molar-refractivity contribution in [2.75, 3.05) is 12.3 Å². The number of thiophene rings is 1. The van der Waals surface area contributed by atoms with Crippen LogP contribution in [0.5, 0.6) is 0 Å². The molecule has 0 aromatic carbocycles. The number of hydrogen-bond acceptors (Lipinski definition) is 6. The van der Waals surface area contributed by atoms with E-state index in [4.69, 9.17) is 14.9 Å². The number of hydrogen-bond donors (Lipinski definition) is 1. The van der Waals surface area contributed by atoms with E-state index in [1.54, 1.807) is 23.7 Å². The van der Waals surface area contributed by atoms with Gasteiger partial charge in [-0.1, -0.05) is 0 Å². The third-order valence-electron chi connectivity index (χ3n) is 4.07. The molecule has 1 aliphatic rings. The van der Waals surface area contributed by atoms with Gasteiger partial charge in [-0.3, -0.25) is 0 Å². The minimum atomic E-state index is 0.165. The molecule has 3 aromatic rings. The summed E-state index contributed by atoms with van der Waals surface area (Å²) in [7, 11) is 0. The van der Waals surface area contributed by atoms with Crippen LogP contribution in [0.25, 0.3) is 21.9 Å². The normalized spacial score (nSPS) is 17.0. The zero-order valence-electron chi connectivity index (χ0n) is 12.9. The fourth-order valence-corrected chi connectivity index (χ4v) is 4.01. The fourth-order valence-electron chi connectivity index (χ4n) is 2.90. The molecule has 0 radical (unpaired) electrons. The van der Waals surface area contributed by atoms with Crippen LogP contribution < -0.4 is 5.73 Å². The van der Waals surface area contributed by atoms with Crippen LogP contribution in [0, 0.1) is 11.3 Å². The van der Waals surface area contributed by atoms with E-state index in [2.05, 4.69) is 17.1 Å². The largest absolute Gasteiger partial charge is 0.463 e. The quantitative estimate of drug-likeness (QED) is 0.767. The van der Waals surface area contributed by atoms with Crippen LogP contribution in [0.2, 0.25) is 0 Å². The standard InChI is InChI=1S/C18H15N3O2S/c19-10-12-11(9-13(21-18(12)20)14-3-1-7-22-14)16-5-6-17(24-16)15-4-2-8-23-15/h1,3,5-7,9,15H,2,4,8H2,(H2,20,21)/t15-/m0/s1. The average Bonchev–Trinajstić information content (AvgIpc) is 3.35. The van der Waals surface area contributed by atoms with E-state index in [0.717, 1.165) is 29.9 Å². The molecule has 1 saturated heterocycles. The molecular formula is C18H15N3O2S. The van der Waals surface area contributed by atoms with Crippen molar-refractivity contribution in [2.45, 2.75) is 18.9 Å². The minimum absolute atomic E-state index is 0.165. The number of nitrogen functional groups attached to an aromatic ring is 1. The highest BCUT2D eigenvalue weighted by Gasteiger charge is 2.21. The topological polar surface area (TPSA) is 85.1 Å². The van der Waals surface area contributed by atoms with Gasteiger partial charge in [-0.05, 0) is 43.2 Å². The lowest BCUT2D eigenvalue weighted by molar-refractivity contribution is 0.114. The lowest BCUT2D eigenvalue weighted by Crippen LogP contribution is -1.98. The zero-order chi connectivity index (χ0) is 16.5. The van der Waals surface area contributed by atoms with Gasteiger partial charge in [0.2, 0.25) is 0 Å². The monoisotopic (exact) mass is 337 g/mol. The molecule has 0 spiro atoms. The molecule has 2 N–H and O–H groups in total. The van der Waals surface area contributed by atoms with Crippen molar-refractivity contribution in [3.63, 3.8) is 0 Å². The van der Waals surface area contributed by atoms with Crippen molar-refractivity contribution in [3.05, 3.63) is 47.0 Å². The highest BCUT2D eigenvalue weighted by Crippen LogP contribution is 2.39. The molecule has 4 rings (SSSR count). The molecule has 4 heterocycles.